The largest absolute Gasteiger partial charge is 0.391 e. The molecule has 1 fully saturated rings. The SMILES string of the molecule is C=CNCCCC(C/C=C/C(=C(\S)c1ccc(N2CC(C)(N)C2)cc1)c1ccc(C#N)cc1)NC. The predicted octanol–water partition coefficient (Wildman–Crippen LogP) is 4.94. The third-order valence-corrected chi connectivity index (χ3v) is 6.82. The van der Waals surface area contributed by atoms with Crippen LogP contribution >= 0.6 is 12.6 Å². The number of rotatable bonds is 12. The summed E-state index contributed by atoms with van der Waals surface area (Å²) in [7, 11) is 2.01. The van der Waals surface area contributed by atoms with Crippen LogP contribution in [0.1, 0.15) is 42.9 Å². The average Bonchev–Trinajstić information content (AvgIpc) is 2.86. The molecule has 184 valence electrons. The number of thiol groups is 1. The highest BCUT2D eigenvalue weighted by Gasteiger charge is 2.34. The van der Waals surface area contributed by atoms with Gasteiger partial charge in [-0.25, -0.2) is 0 Å². The van der Waals surface area contributed by atoms with Crippen molar-refractivity contribution in [2.45, 2.75) is 37.8 Å². The maximum absolute atomic E-state index is 9.20. The molecule has 1 unspecified atom stereocenters. The lowest BCUT2D eigenvalue weighted by atomic mass is 9.93. The molecular weight excluding hydrogens is 450 g/mol. The minimum Gasteiger partial charge on any atom is -0.391 e. The summed E-state index contributed by atoms with van der Waals surface area (Å²) in [5, 5.41) is 15.8. The molecule has 1 heterocycles. The van der Waals surface area contributed by atoms with E-state index in [0.717, 1.165) is 60.5 Å². The molecule has 0 bridgehead atoms. The standard InChI is InChI=1S/C29H37N5S/c1-4-33-18-6-8-25(32-3)7-5-9-27(23-12-10-22(19-30)11-13-23)28(35)24-14-16-26(17-15-24)34-20-29(2,31)21-34/h4-5,9-17,25,32-33,35H,1,6-8,18,20-21,31H2,2-3H3/b9-5+,28-27+. The summed E-state index contributed by atoms with van der Waals surface area (Å²) in [6, 6.07) is 18.8. The first-order valence-corrected chi connectivity index (χ1v) is 12.6. The Balaban J connectivity index is 1.81. The second kappa shape index (κ2) is 12.6. The van der Waals surface area contributed by atoms with Gasteiger partial charge < -0.3 is 21.3 Å². The van der Waals surface area contributed by atoms with Crippen LogP contribution in [0.5, 0.6) is 0 Å². The summed E-state index contributed by atoms with van der Waals surface area (Å²) in [6.45, 7) is 8.45. The predicted molar refractivity (Wildman–Crippen MR) is 152 cm³/mol. The number of nitrogens with two attached hydrogens (primary N) is 1. The van der Waals surface area contributed by atoms with E-state index in [2.05, 4.69) is 71.5 Å². The van der Waals surface area contributed by atoms with E-state index in [1.807, 2.05) is 31.3 Å². The Hall–Kier alpha value is -2.98. The van der Waals surface area contributed by atoms with Gasteiger partial charge in [0, 0.05) is 41.8 Å². The van der Waals surface area contributed by atoms with Crippen LogP contribution in [0, 0.1) is 11.3 Å². The van der Waals surface area contributed by atoms with Gasteiger partial charge in [0.2, 0.25) is 0 Å². The van der Waals surface area contributed by atoms with Crippen molar-refractivity contribution in [2.24, 2.45) is 5.73 Å². The molecule has 1 aliphatic rings. The third-order valence-electron chi connectivity index (χ3n) is 6.32. The fourth-order valence-electron chi connectivity index (χ4n) is 4.31. The van der Waals surface area contributed by atoms with Crippen LogP contribution in [0.25, 0.3) is 10.5 Å². The molecule has 0 saturated carbocycles. The monoisotopic (exact) mass is 487 g/mol. The number of hydrogen-bond acceptors (Lipinski definition) is 6. The molecule has 2 aromatic rings. The van der Waals surface area contributed by atoms with Gasteiger partial charge in [-0.1, -0.05) is 43.0 Å². The van der Waals surface area contributed by atoms with E-state index in [0.29, 0.717) is 11.6 Å². The second-order valence-corrected chi connectivity index (χ2v) is 9.88. The minimum absolute atomic E-state index is 0.103. The van der Waals surface area contributed by atoms with Crippen LogP contribution in [-0.2, 0) is 0 Å². The number of nitriles is 1. The van der Waals surface area contributed by atoms with E-state index in [1.165, 1.54) is 5.69 Å². The molecule has 0 radical (unpaired) electrons. The molecule has 3 rings (SSSR count). The van der Waals surface area contributed by atoms with Crippen molar-refractivity contribution in [3.8, 4) is 6.07 Å². The average molecular weight is 488 g/mol. The Kier molecular flexibility index (Phi) is 9.62. The summed E-state index contributed by atoms with van der Waals surface area (Å²) in [5.41, 5.74) is 11.0. The molecule has 2 aromatic carbocycles. The van der Waals surface area contributed by atoms with Crippen molar-refractivity contribution >= 4 is 28.8 Å². The zero-order chi connectivity index (χ0) is 25.3. The van der Waals surface area contributed by atoms with Gasteiger partial charge in [-0.05, 0) is 80.4 Å². The number of hydrogen-bond donors (Lipinski definition) is 4. The molecule has 35 heavy (non-hydrogen) atoms. The van der Waals surface area contributed by atoms with E-state index in [9.17, 15) is 5.26 Å². The van der Waals surface area contributed by atoms with Gasteiger partial charge >= 0.3 is 0 Å². The summed E-state index contributed by atoms with van der Waals surface area (Å²) in [4.78, 5) is 3.19. The van der Waals surface area contributed by atoms with Gasteiger partial charge in [0.25, 0.3) is 0 Å². The van der Waals surface area contributed by atoms with Crippen molar-refractivity contribution in [3.63, 3.8) is 0 Å². The van der Waals surface area contributed by atoms with Crippen molar-refractivity contribution in [3.05, 3.63) is 90.2 Å². The molecule has 1 aliphatic heterocycles. The highest BCUT2D eigenvalue weighted by Crippen LogP contribution is 2.33. The molecule has 6 heteroatoms. The molecule has 5 nitrogen and oxygen atoms in total. The van der Waals surface area contributed by atoms with E-state index in [4.69, 9.17) is 18.4 Å². The molecule has 0 aromatic heterocycles. The minimum atomic E-state index is -0.103. The Bertz CT molecular complexity index is 1070. The van der Waals surface area contributed by atoms with E-state index >= 15 is 0 Å². The van der Waals surface area contributed by atoms with Gasteiger partial charge in [-0.2, -0.15) is 5.26 Å². The maximum Gasteiger partial charge on any atom is 0.0991 e. The third kappa shape index (κ3) is 7.50. The Morgan fingerprint density at radius 3 is 2.43 bits per heavy atom. The zero-order valence-corrected chi connectivity index (χ0v) is 21.7. The van der Waals surface area contributed by atoms with Crippen LogP contribution in [0.2, 0.25) is 0 Å². The topological polar surface area (TPSA) is 77.1 Å². The second-order valence-electron chi connectivity index (χ2n) is 9.43. The summed E-state index contributed by atoms with van der Waals surface area (Å²) in [6.07, 6.45) is 9.17. The lowest BCUT2D eigenvalue weighted by Crippen LogP contribution is -2.65. The maximum atomic E-state index is 9.20. The summed E-state index contributed by atoms with van der Waals surface area (Å²) in [5.74, 6) is 0. The van der Waals surface area contributed by atoms with E-state index < -0.39 is 0 Å². The number of anilines is 1. The van der Waals surface area contributed by atoms with Gasteiger partial charge in [0.1, 0.15) is 0 Å². The number of benzene rings is 2. The molecule has 0 amide bonds. The Labute approximate surface area is 215 Å². The molecular formula is C29H37N5S. The van der Waals surface area contributed by atoms with Gasteiger partial charge in [0.05, 0.1) is 11.6 Å². The zero-order valence-electron chi connectivity index (χ0n) is 20.8. The van der Waals surface area contributed by atoms with Crippen LogP contribution < -0.4 is 21.3 Å². The molecule has 0 spiro atoms. The smallest absolute Gasteiger partial charge is 0.0991 e. The Morgan fingerprint density at radius 2 is 1.86 bits per heavy atom. The van der Waals surface area contributed by atoms with E-state index in [-0.39, 0.29) is 5.54 Å². The fraction of sp³-hybridized carbons (Fsp3) is 0.345. The first kappa shape index (κ1) is 26.6. The first-order valence-electron chi connectivity index (χ1n) is 12.1. The highest BCUT2D eigenvalue weighted by atomic mass is 32.1. The normalized spacial score (nSPS) is 16.3. The Morgan fingerprint density at radius 1 is 1.20 bits per heavy atom. The van der Waals surface area contributed by atoms with Crippen molar-refractivity contribution in [1.82, 2.24) is 10.6 Å². The van der Waals surface area contributed by atoms with Gasteiger partial charge in [-0.3, -0.25) is 0 Å². The summed E-state index contributed by atoms with van der Waals surface area (Å²) < 4.78 is 0. The van der Waals surface area contributed by atoms with Crippen molar-refractivity contribution in [2.75, 3.05) is 31.6 Å². The fourth-order valence-corrected chi connectivity index (χ4v) is 4.67. The van der Waals surface area contributed by atoms with Crippen LogP contribution in [0.3, 0.4) is 0 Å². The quantitative estimate of drug-likeness (QED) is 0.148. The van der Waals surface area contributed by atoms with Crippen molar-refractivity contribution < 1.29 is 0 Å². The van der Waals surface area contributed by atoms with Crippen LogP contribution in [0.4, 0.5) is 5.69 Å². The number of allylic oxidation sites excluding steroid dienone is 2. The molecule has 4 N–H and O–H groups in total. The lowest BCUT2D eigenvalue weighted by molar-refractivity contribution is 0.365. The summed E-state index contributed by atoms with van der Waals surface area (Å²) >= 11 is 4.95. The van der Waals surface area contributed by atoms with Gasteiger partial charge in [0.15, 0.2) is 0 Å². The first-order chi connectivity index (χ1) is 16.9. The van der Waals surface area contributed by atoms with Crippen LogP contribution in [-0.4, -0.2) is 38.3 Å². The van der Waals surface area contributed by atoms with E-state index in [1.54, 1.807) is 6.20 Å². The van der Waals surface area contributed by atoms with Crippen LogP contribution in [0.15, 0.2) is 73.5 Å². The number of nitrogens with one attached hydrogen (secondary N) is 2. The highest BCUT2D eigenvalue weighted by molar-refractivity contribution is 7.90. The molecule has 1 saturated heterocycles. The number of nitrogens with zero attached hydrogens (tertiary/aromatic N) is 2. The lowest BCUT2D eigenvalue weighted by Gasteiger charge is -2.47. The molecule has 0 aliphatic carbocycles. The van der Waals surface area contributed by atoms with Crippen molar-refractivity contribution in [1.29, 1.82) is 5.26 Å². The van der Waals surface area contributed by atoms with Gasteiger partial charge in [-0.15, -0.1) is 12.6 Å². The molecule has 1 atom stereocenters.